The van der Waals surface area contributed by atoms with Crippen LogP contribution in [-0.4, -0.2) is 40.8 Å². The molecular formula is C31H32N2O5. The fraction of sp³-hybridized carbons (Fsp3) is 0.290. The topological polar surface area (TPSA) is 113 Å². The zero-order valence-electron chi connectivity index (χ0n) is 21.5. The first kappa shape index (κ1) is 26.8. The van der Waals surface area contributed by atoms with Crippen molar-refractivity contribution in [3.05, 3.63) is 95.6 Å². The minimum absolute atomic E-state index is 0.0374. The van der Waals surface area contributed by atoms with Gasteiger partial charge in [0.05, 0.1) is 0 Å². The van der Waals surface area contributed by atoms with E-state index in [-0.39, 0.29) is 30.6 Å². The molecule has 3 aromatic rings. The summed E-state index contributed by atoms with van der Waals surface area (Å²) in [6.45, 7) is 3.86. The van der Waals surface area contributed by atoms with Crippen LogP contribution >= 0.6 is 0 Å². The molecule has 0 heterocycles. The molecule has 38 heavy (non-hydrogen) atoms. The molecule has 0 aromatic heterocycles. The molecule has 0 radical (unpaired) electrons. The molecule has 3 aromatic carbocycles. The lowest BCUT2D eigenvalue weighted by Gasteiger charge is -2.24. The highest BCUT2D eigenvalue weighted by Gasteiger charge is 2.33. The number of carbonyl (C=O) groups excluding carboxylic acids is 3. The summed E-state index contributed by atoms with van der Waals surface area (Å²) in [5, 5.41) is 14.8. The summed E-state index contributed by atoms with van der Waals surface area (Å²) in [5.74, 6) is -3.64. The molecule has 2 amide bonds. The second-order valence-electron chi connectivity index (χ2n) is 10.1. The van der Waals surface area contributed by atoms with Gasteiger partial charge in [0.15, 0.2) is 0 Å². The van der Waals surface area contributed by atoms with E-state index in [1.54, 1.807) is 24.3 Å². The molecule has 0 saturated heterocycles. The maximum atomic E-state index is 13.3. The Morgan fingerprint density at radius 3 is 1.87 bits per heavy atom. The van der Waals surface area contributed by atoms with Gasteiger partial charge < -0.3 is 15.7 Å². The van der Waals surface area contributed by atoms with E-state index in [1.165, 1.54) is 0 Å². The van der Waals surface area contributed by atoms with Gasteiger partial charge in [-0.2, -0.15) is 0 Å². The molecule has 2 atom stereocenters. The van der Waals surface area contributed by atoms with Crippen molar-refractivity contribution in [3.63, 3.8) is 0 Å². The molecule has 0 bridgehead atoms. The highest BCUT2D eigenvalue weighted by Crippen LogP contribution is 2.46. The van der Waals surface area contributed by atoms with Gasteiger partial charge >= 0.3 is 5.97 Å². The summed E-state index contributed by atoms with van der Waals surface area (Å²) < 4.78 is 0. The fourth-order valence-corrected chi connectivity index (χ4v) is 5.10. The highest BCUT2D eigenvalue weighted by atomic mass is 16.4. The normalized spacial score (nSPS) is 13.8. The highest BCUT2D eigenvalue weighted by molar-refractivity contribution is 6.35. The maximum Gasteiger partial charge on any atom is 0.374 e. The van der Waals surface area contributed by atoms with Crippen LogP contribution in [0.5, 0.6) is 0 Å². The first-order chi connectivity index (χ1) is 18.2. The van der Waals surface area contributed by atoms with Crippen LogP contribution < -0.4 is 10.6 Å². The Hall–Kier alpha value is -4.26. The second-order valence-corrected chi connectivity index (χ2v) is 10.1. The summed E-state index contributed by atoms with van der Waals surface area (Å²) >= 11 is 0. The average molecular weight is 513 g/mol. The number of amides is 2. The van der Waals surface area contributed by atoms with E-state index in [1.807, 2.05) is 68.4 Å². The predicted octanol–water partition coefficient (Wildman–Crippen LogP) is 4.10. The molecule has 7 nitrogen and oxygen atoms in total. The van der Waals surface area contributed by atoms with Crippen molar-refractivity contribution in [2.24, 2.45) is 5.92 Å². The minimum Gasteiger partial charge on any atom is -0.475 e. The molecule has 196 valence electrons. The van der Waals surface area contributed by atoms with E-state index in [0.29, 0.717) is 6.42 Å². The monoisotopic (exact) mass is 512 g/mol. The number of nitrogens with one attached hydrogen (secondary N) is 2. The second kappa shape index (κ2) is 11.9. The van der Waals surface area contributed by atoms with Gasteiger partial charge in [0.25, 0.3) is 5.78 Å². The first-order valence-corrected chi connectivity index (χ1v) is 12.8. The van der Waals surface area contributed by atoms with E-state index in [4.69, 9.17) is 0 Å². The average Bonchev–Trinajstić information content (AvgIpc) is 3.21. The lowest BCUT2D eigenvalue weighted by atomic mass is 9.93. The third kappa shape index (κ3) is 6.17. The van der Waals surface area contributed by atoms with Crippen LogP contribution in [0.2, 0.25) is 0 Å². The summed E-state index contributed by atoms with van der Waals surface area (Å²) in [5.41, 5.74) is 5.07. The Labute approximate surface area is 222 Å². The molecule has 7 heteroatoms. The Kier molecular flexibility index (Phi) is 8.36. The lowest BCUT2D eigenvalue weighted by Crippen LogP contribution is -2.53. The minimum atomic E-state index is -1.62. The molecule has 0 aliphatic heterocycles. The third-order valence-corrected chi connectivity index (χ3v) is 6.84. The Balaban J connectivity index is 1.50. The smallest absolute Gasteiger partial charge is 0.374 e. The third-order valence-electron chi connectivity index (χ3n) is 6.84. The summed E-state index contributed by atoms with van der Waals surface area (Å²) in [4.78, 5) is 50.5. The number of aliphatic carboxylic acids is 1. The largest absolute Gasteiger partial charge is 0.475 e. The fourth-order valence-electron chi connectivity index (χ4n) is 5.10. The summed E-state index contributed by atoms with van der Waals surface area (Å²) in [6.07, 6.45) is 0.543. The number of hydrogen-bond donors (Lipinski definition) is 3. The van der Waals surface area contributed by atoms with Gasteiger partial charge in [-0.05, 0) is 40.2 Å². The Morgan fingerprint density at radius 2 is 1.32 bits per heavy atom. The number of carboxylic acid groups (broad SMARTS) is 1. The molecular weight excluding hydrogens is 480 g/mol. The summed E-state index contributed by atoms with van der Waals surface area (Å²) in [7, 11) is 0. The van der Waals surface area contributed by atoms with Gasteiger partial charge in [-0.15, -0.1) is 0 Å². The van der Waals surface area contributed by atoms with Crippen molar-refractivity contribution in [1.82, 2.24) is 10.6 Å². The number of ketones is 1. The van der Waals surface area contributed by atoms with E-state index in [0.717, 1.165) is 27.8 Å². The van der Waals surface area contributed by atoms with Gasteiger partial charge in [-0.1, -0.05) is 92.7 Å². The number of carboxylic acids is 1. The Bertz CT molecular complexity index is 1290. The van der Waals surface area contributed by atoms with Gasteiger partial charge in [0.1, 0.15) is 12.1 Å². The van der Waals surface area contributed by atoms with Crippen LogP contribution in [0.4, 0.5) is 0 Å². The van der Waals surface area contributed by atoms with Gasteiger partial charge in [-0.25, -0.2) is 4.79 Å². The van der Waals surface area contributed by atoms with E-state index < -0.39 is 29.7 Å². The molecule has 0 fully saturated rings. The molecule has 1 unspecified atom stereocenters. The molecule has 4 rings (SSSR count). The van der Waals surface area contributed by atoms with Crippen LogP contribution in [0.1, 0.15) is 49.3 Å². The number of rotatable bonds is 11. The van der Waals surface area contributed by atoms with Gasteiger partial charge in [0.2, 0.25) is 11.8 Å². The van der Waals surface area contributed by atoms with Crippen LogP contribution in [0.25, 0.3) is 11.1 Å². The molecule has 3 N–H and O–H groups in total. The molecule has 0 spiro atoms. The Morgan fingerprint density at radius 1 is 0.763 bits per heavy atom. The number of hydrogen-bond acceptors (Lipinski definition) is 4. The number of Topliss-reactive ketones (excluding diaryl/α,β-unsaturated/α-hetero) is 1. The van der Waals surface area contributed by atoms with Crippen LogP contribution in [0.3, 0.4) is 0 Å². The van der Waals surface area contributed by atoms with Crippen molar-refractivity contribution in [2.45, 2.75) is 51.1 Å². The molecule has 0 saturated carbocycles. The van der Waals surface area contributed by atoms with Gasteiger partial charge in [-0.3, -0.25) is 14.4 Å². The maximum absolute atomic E-state index is 13.3. The van der Waals surface area contributed by atoms with Crippen LogP contribution in [-0.2, 0) is 25.6 Å². The zero-order chi connectivity index (χ0) is 27.2. The van der Waals surface area contributed by atoms with E-state index in [2.05, 4.69) is 10.6 Å². The first-order valence-electron chi connectivity index (χ1n) is 12.8. The van der Waals surface area contributed by atoms with E-state index >= 15 is 0 Å². The molecule has 1 aliphatic carbocycles. The quantitative estimate of drug-likeness (QED) is 0.335. The van der Waals surface area contributed by atoms with Crippen molar-refractivity contribution in [1.29, 1.82) is 0 Å². The van der Waals surface area contributed by atoms with Crippen LogP contribution in [0.15, 0.2) is 78.9 Å². The zero-order valence-corrected chi connectivity index (χ0v) is 21.5. The van der Waals surface area contributed by atoms with Crippen molar-refractivity contribution >= 4 is 23.6 Å². The number of fused-ring (bicyclic) bond motifs is 3. The van der Waals surface area contributed by atoms with Gasteiger partial charge in [0, 0.05) is 18.8 Å². The molecule has 1 aliphatic rings. The lowest BCUT2D eigenvalue weighted by molar-refractivity contribution is -0.150. The van der Waals surface area contributed by atoms with Crippen molar-refractivity contribution in [2.75, 3.05) is 0 Å². The number of carbonyl (C=O) groups is 4. The van der Waals surface area contributed by atoms with E-state index in [9.17, 15) is 24.3 Å². The number of benzene rings is 3. The van der Waals surface area contributed by atoms with Crippen molar-refractivity contribution in [3.8, 4) is 11.1 Å². The van der Waals surface area contributed by atoms with Crippen LogP contribution in [0, 0.1) is 5.92 Å². The standard InChI is InChI=1S/C31H32N2O5/c1-19(2)16-27(30(36)33-26(29(35)31(37)38)17-20-10-4-3-5-11-20)32-28(34)18-25-23-14-8-6-12-21(23)22-13-7-9-15-24(22)25/h3-15,19,25-27H,16-18H2,1-2H3,(H,32,34)(H,33,36)(H,37,38)/t26?,27-/m0/s1. The SMILES string of the molecule is CC(C)C[C@H](NC(=O)CC1c2ccccc2-c2ccccc21)C(=O)NC(Cc1ccccc1)C(=O)C(=O)O. The van der Waals surface area contributed by atoms with Crippen molar-refractivity contribution < 1.29 is 24.3 Å². The predicted molar refractivity (Wildman–Crippen MR) is 144 cm³/mol. The summed E-state index contributed by atoms with van der Waals surface area (Å²) in [6, 6.07) is 22.8.